The van der Waals surface area contributed by atoms with Gasteiger partial charge in [0.25, 0.3) is 11.6 Å². The zero-order valence-corrected chi connectivity index (χ0v) is 16.2. The molecule has 144 valence electrons. The molecule has 0 atom stereocenters. The fraction of sp³-hybridized carbons (Fsp3) is 0.350. The second-order valence-electron chi connectivity index (χ2n) is 6.67. The van der Waals surface area contributed by atoms with Crippen LogP contribution in [0.15, 0.2) is 42.5 Å². The molecule has 7 nitrogen and oxygen atoms in total. The minimum absolute atomic E-state index is 0.00134. The molecule has 0 heterocycles. The second-order valence-corrected chi connectivity index (χ2v) is 6.67. The van der Waals surface area contributed by atoms with E-state index in [0.29, 0.717) is 24.3 Å². The summed E-state index contributed by atoms with van der Waals surface area (Å²) in [7, 11) is 3.45. The lowest BCUT2D eigenvalue weighted by Crippen LogP contribution is -2.32. The molecule has 2 aromatic rings. The lowest BCUT2D eigenvalue weighted by molar-refractivity contribution is -0.384. The van der Waals surface area contributed by atoms with Gasteiger partial charge in [-0.1, -0.05) is 18.2 Å². The van der Waals surface area contributed by atoms with Crippen LogP contribution in [-0.4, -0.2) is 35.9 Å². The zero-order chi connectivity index (χ0) is 20.0. The summed E-state index contributed by atoms with van der Waals surface area (Å²) in [6.07, 6.45) is 0. The van der Waals surface area contributed by atoms with Crippen LogP contribution in [0, 0.1) is 10.1 Å². The zero-order valence-electron chi connectivity index (χ0n) is 16.2. The van der Waals surface area contributed by atoms with Crippen molar-refractivity contribution in [1.82, 2.24) is 10.2 Å². The third-order valence-corrected chi connectivity index (χ3v) is 4.48. The van der Waals surface area contributed by atoms with Gasteiger partial charge in [-0.15, -0.1) is 0 Å². The van der Waals surface area contributed by atoms with Crippen molar-refractivity contribution in [3.8, 4) is 0 Å². The van der Waals surface area contributed by atoms with Crippen LogP contribution < -0.4 is 10.6 Å². The summed E-state index contributed by atoms with van der Waals surface area (Å²) in [6.45, 7) is 5.07. The van der Waals surface area contributed by atoms with Crippen LogP contribution in [0.1, 0.15) is 35.3 Å². The Morgan fingerprint density at radius 3 is 2.26 bits per heavy atom. The summed E-state index contributed by atoms with van der Waals surface area (Å²) in [5.41, 5.74) is 3.10. The Morgan fingerprint density at radius 2 is 1.70 bits per heavy atom. The number of benzene rings is 2. The molecule has 0 radical (unpaired) electrons. The number of amides is 1. The number of carbonyl (C=O) groups excluding carboxylic acids is 1. The van der Waals surface area contributed by atoms with Crippen LogP contribution in [0.4, 0.5) is 11.4 Å². The van der Waals surface area contributed by atoms with Gasteiger partial charge in [0.15, 0.2) is 0 Å². The highest BCUT2D eigenvalue weighted by Crippen LogP contribution is 2.24. The summed E-state index contributed by atoms with van der Waals surface area (Å²) in [6, 6.07) is 12.8. The van der Waals surface area contributed by atoms with Gasteiger partial charge in [0.2, 0.25) is 0 Å². The van der Waals surface area contributed by atoms with E-state index in [9.17, 15) is 14.9 Å². The van der Waals surface area contributed by atoms with Crippen LogP contribution in [0.5, 0.6) is 0 Å². The Hall–Kier alpha value is -2.93. The largest absolute Gasteiger partial charge is 0.383 e. The monoisotopic (exact) mass is 370 g/mol. The lowest BCUT2D eigenvalue weighted by atomic mass is 10.1. The molecular formula is C20H26N4O3. The first-order chi connectivity index (χ1) is 12.8. The first-order valence-corrected chi connectivity index (χ1v) is 8.85. The highest BCUT2D eigenvalue weighted by atomic mass is 16.6. The number of rotatable bonds is 8. The Kier molecular flexibility index (Phi) is 6.90. The predicted octanol–water partition coefficient (Wildman–Crippen LogP) is 3.41. The summed E-state index contributed by atoms with van der Waals surface area (Å²) in [5, 5.41) is 17.2. The highest BCUT2D eigenvalue weighted by molar-refractivity contribution is 5.94. The van der Waals surface area contributed by atoms with E-state index < -0.39 is 0 Å². The molecule has 0 spiro atoms. The molecular weight excluding hydrogens is 344 g/mol. The van der Waals surface area contributed by atoms with Gasteiger partial charge in [0.1, 0.15) is 5.69 Å². The molecule has 0 unspecified atom stereocenters. The van der Waals surface area contributed by atoms with E-state index in [1.54, 1.807) is 31.1 Å². The van der Waals surface area contributed by atoms with Crippen LogP contribution in [0.2, 0.25) is 0 Å². The van der Waals surface area contributed by atoms with E-state index in [4.69, 9.17) is 0 Å². The average molecular weight is 370 g/mol. The van der Waals surface area contributed by atoms with E-state index in [2.05, 4.69) is 10.6 Å². The van der Waals surface area contributed by atoms with Gasteiger partial charge in [0, 0.05) is 44.9 Å². The molecule has 0 bridgehead atoms. The summed E-state index contributed by atoms with van der Waals surface area (Å²) in [5.74, 6) is 0.00134. The molecule has 0 aliphatic rings. The standard InChI is InChI=1S/C20H26N4O3/c1-14(2)23(4)20(25)17-8-5-15(6-9-17)12-22-13-16-7-10-18(21-3)19(11-16)24(26)27/h5-11,14,21-22H,12-13H2,1-4H3. The van der Waals surface area contributed by atoms with Gasteiger partial charge in [-0.3, -0.25) is 14.9 Å². The van der Waals surface area contributed by atoms with Crippen molar-refractivity contribution in [1.29, 1.82) is 0 Å². The number of anilines is 1. The third-order valence-electron chi connectivity index (χ3n) is 4.48. The molecule has 2 N–H and O–H groups in total. The lowest BCUT2D eigenvalue weighted by Gasteiger charge is -2.21. The Bertz CT molecular complexity index is 803. The topological polar surface area (TPSA) is 87.5 Å². The maximum Gasteiger partial charge on any atom is 0.292 e. The van der Waals surface area contributed by atoms with Crippen LogP contribution in [0.3, 0.4) is 0 Å². The van der Waals surface area contributed by atoms with Crippen LogP contribution >= 0.6 is 0 Å². The molecule has 0 aromatic heterocycles. The fourth-order valence-corrected chi connectivity index (χ4v) is 2.60. The van der Waals surface area contributed by atoms with Gasteiger partial charge in [-0.05, 0) is 43.2 Å². The predicted molar refractivity (Wildman–Crippen MR) is 107 cm³/mol. The van der Waals surface area contributed by atoms with Gasteiger partial charge in [-0.2, -0.15) is 0 Å². The van der Waals surface area contributed by atoms with Crippen molar-refractivity contribution in [2.45, 2.75) is 33.0 Å². The molecule has 0 aliphatic carbocycles. The van der Waals surface area contributed by atoms with Gasteiger partial charge >= 0.3 is 0 Å². The number of nitrogens with zero attached hydrogens (tertiary/aromatic N) is 2. The minimum Gasteiger partial charge on any atom is -0.383 e. The Labute approximate surface area is 159 Å². The number of hydrogen-bond donors (Lipinski definition) is 2. The summed E-state index contributed by atoms with van der Waals surface area (Å²) in [4.78, 5) is 24.7. The first kappa shape index (κ1) is 20.4. The number of nitro benzene ring substituents is 1. The Morgan fingerprint density at radius 1 is 1.11 bits per heavy atom. The molecule has 1 amide bonds. The summed E-state index contributed by atoms with van der Waals surface area (Å²) < 4.78 is 0. The van der Waals surface area contributed by atoms with Crippen molar-refractivity contribution in [3.05, 3.63) is 69.3 Å². The summed E-state index contributed by atoms with van der Waals surface area (Å²) >= 11 is 0. The van der Waals surface area contributed by atoms with Crippen molar-refractivity contribution < 1.29 is 9.72 Å². The van der Waals surface area contributed by atoms with Crippen molar-refractivity contribution in [2.75, 3.05) is 19.4 Å². The van der Waals surface area contributed by atoms with E-state index in [0.717, 1.165) is 11.1 Å². The van der Waals surface area contributed by atoms with Crippen molar-refractivity contribution >= 4 is 17.3 Å². The molecule has 27 heavy (non-hydrogen) atoms. The highest BCUT2D eigenvalue weighted by Gasteiger charge is 2.14. The van der Waals surface area contributed by atoms with E-state index in [-0.39, 0.29) is 22.6 Å². The van der Waals surface area contributed by atoms with Gasteiger partial charge in [0.05, 0.1) is 4.92 Å². The molecule has 2 aromatic carbocycles. The van der Waals surface area contributed by atoms with Crippen LogP contribution in [0.25, 0.3) is 0 Å². The Balaban J connectivity index is 1.95. The number of hydrogen-bond acceptors (Lipinski definition) is 5. The van der Waals surface area contributed by atoms with E-state index in [1.165, 1.54) is 0 Å². The fourth-order valence-electron chi connectivity index (χ4n) is 2.60. The second kappa shape index (κ2) is 9.14. The molecule has 0 aliphatic heterocycles. The molecule has 0 saturated heterocycles. The van der Waals surface area contributed by atoms with E-state index >= 15 is 0 Å². The smallest absolute Gasteiger partial charge is 0.292 e. The number of nitro groups is 1. The SMILES string of the molecule is CNc1ccc(CNCc2ccc(C(=O)N(C)C(C)C)cc2)cc1[N+](=O)[O-]. The maximum absolute atomic E-state index is 12.3. The first-order valence-electron chi connectivity index (χ1n) is 8.85. The normalized spacial score (nSPS) is 10.7. The molecule has 7 heteroatoms. The van der Waals surface area contributed by atoms with Gasteiger partial charge < -0.3 is 15.5 Å². The molecule has 2 rings (SSSR count). The number of carbonyl (C=O) groups is 1. The third kappa shape index (κ3) is 5.27. The molecule has 0 saturated carbocycles. The minimum atomic E-state index is -0.390. The molecule has 0 fully saturated rings. The quantitative estimate of drug-likeness (QED) is 0.549. The number of nitrogens with one attached hydrogen (secondary N) is 2. The van der Waals surface area contributed by atoms with E-state index in [1.807, 2.05) is 44.2 Å². The van der Waals surface area contributed by atoms with Crippen molar-refractivity contribution in [3.63, 3.8) is 0 Å². The van der Waals surface area contributed by atoms with Crippen LogP contribution in [-0.2, 0) is 13.1 Å². The maximum atomic E-state index is 12.3. The van der Waals surface area contributed by atoms with Gasteiger partial charge in [-0.25, -0.2) is 0 Å². The average Bonchev–Trinajstić information content (AvgIpc) is 2.67. The van der Waals surface area contributed by atoms with Crippen molar-refractivity contribution in [2.24, 2.45) is 0 Å².